The highest BCUT2D eigenvalue weighted by molar-refractivity contribution is 7.13. The number of hydrogen-bond acceptors (Lipinski definition) is 7. The summed E-state index contributed by atoms with van der Waals surface area (Å²) in [6, 6.07) is 4.03. The summed E-state index contributed by atoms with van der Waals surface area (Å²) in [4.78, 5) is 33.8. The van der Waals surface area contributed by atoms with Gasteiger partial charge in [0.15, 0.2) is 0 Å². The lowest BCUT2D eigenvalue weighted by atomic mass is 10.2. The fourth-order valence-electron chi connectivity index (χ4n) is 2.92. The van der Waals surface area contributed by atoms with Crippen LogP contribution in [0.5, 0.6) is 0 Å². The van der Waals surface area contributed by atoms with Crippen molar-refractivity contribution in [1.82, 2.24) is 29.7 Å². The third-order valence-corrected chi connectivity index (χ3v) is 5.16. The van der Waals surface area contributed by atoms with Gasteiger partial charge in [0.2, 0.25) is 0 Å². The maximum absolute atomic E-state index is 12.7. The number of rotatable bonds is 4. The Hall–Kier alpha value is -2.71. The van der Waals surface area contributed by atoms with Crippen LogP contribution in [0.25, 0.3) is 10.7 Å². The van der Waals surface area contributed by atoms with Crippen molar-refractivity contribution < 1.29 is 4.79 Å². The Morgan fingerprint density at radius 1 is 1.08 bits per heavy atom. The molecule has 1 amide bonds. The maximum Gasteiger partial charge on any atom is 0.273 e. The number of thiazole rings is 1. The van der Waals surface area contributed by atoms with Crippen LogP contribution < -0.4 is 0 Å². The molecule has 0 aromatic carbocycles. The third kappa shape index (κ3) is 3.76. The van der Waals surface area contributed by atoms with Crippen molar-refractivity contribution in [2.75, 3.05) is 26.2 Å². The molecule has 0 atom stereocenters. The quantitative estimate of drug-likeness (QED) is 0.703. The Morgan fingerprint density at radius 3 is 2.65 bits per heavy atom. The molecule has 132 valence electrons. The van der Waals surface area contributed by atoms with Crippen LogP contribution in [-0.4, -0.2) is 61.8 Å². The Balaban J connectivity index is 1.36. The first-order valence-corrected chi connectivity index (χ1v) is 9.30. The molecule has 1 aliphatic heterocycles. The highest BCUT2D eigenvalue weighted by Crippen LogP contribution is 2.22. The van der Waals surface area contributed by atoms with Crippen molar-refractivity contribution in [3.8, 4) is 10.7 Å². The minimum absolute atomic E-state index is 0.0163. The molecule has 1 saturated heterocycles. The van der Waals surface area contributed by atoms with E-state index in [1.807, 2.05) is 17.2 Å². The van der Waals surface area contributed by atoms with E-state index in [2.05, 4.69) is 30.9 Å². The summed E-state index contributed by atoms with van der Waals surface area (Å²) in [5, 5.41) is 2.52. The molecule has 0 bridgehead atoms. The number of pyridine rings is 1. The second kappa shape index (κ2) is 7.67. The first-order valence-electron chi connectivity index (χ1n) is 8.42. The number of carbonyl (C=O) groups is 1. The van der Waals surface area contributed by atoms with Gasteiger partial charge >= 0.3 is 0 Å². The molecule has 3 aromatic rings. The number of carbonyl (C=O) groups excluding carboxylic acids is 1. The van der Waals surface area contributed by atoms with Crippen LogP contribution in [0.3, 0.4) is 0 Å². The van der Waals surface area contributed by atoms with Crippen LogP contribution in [0.1, 0.15) is 16.1 Å². The molecule has 4 rings (SSSR count). The monoisotopic (exact) mass is 366 g/mol. The van der Waals surface area contributed by atoms with Gasteiger partial charge in [0.05, 0.1) is 6.20 Å². The topological polar surface area (TPSA) is 75.1 Å². The Bertz CT molecular complexity index is 862. The summed E-state index contributed by atoms with van der Waals surface area (Å²) < 4.78 is 0. The van der Waals surface area contributed by atoms with E-state index in [1.165, 1.54) is 16.9 Å². The van der Waals surface area contributed by atoms with Crippen molar-refractivity contribution in [3.05, 3.63) is 59.8 Å². The second-order valence-corrected chi connectivity index (χ2v) is 6.92. The van der Waals surface area contributed by atoms with E-state index in [0.29, 0.717) is 24.5 Å². The summed E-state index contributed by atoms with van der Waals surface area (Å²) in [6.45, 7) is 3.97. The largest absolute Gasteiger partial charge is 0.335 e. The van der Waals surface area contributed by atoms with Gasteiger partial charge in [-0.05, 0) is 11.6 Å². The van der Waals surface area contributed by atoms with Gasteiger partial charge in [-0.2, -0.15) is 0 Å². The first-order chi connectivity index (χ1) is 12.8. The van der Waals surface area contributed by atoms with Crippen LogP contribution in [0.15, 0.2) is 48.5 Å². The van der Waals surface area contributed by atoms with E-state index in [-0.39, 0.29) is 5.91 Å². The van der Waals surface area contributed by atoms with E-state index in [0.717, 1.165) is 24.6 Å². The van der Waals surface area contributed by atoms with E-state index >= 15 is 0 Å². The van der Waals surface area contributed by atoms with E-state index < -0.39 is 0 Å². The number of hydrogen-bond donors (Lipinski definition) is 0. The molecule has 0 unspecified atom stereocenters. The fraction of sp³-hybridized carbons (Fsp3) is 0.278. The molecule has 4 heterocycles. The Kier molecular flexibility index (Phi) is 4.94. The first kappa shape index (κ1) is 16.7. The molecule has 0 radical (unpaired) electrons. The highest BCUT2D eigenvalue weighted by Gasteiger charge is 2.24. The third-order valence-electron chi connectivity index (χ3n) is 4.29. The lowest BCUT2D eigenvalue weighted by Crippen LogP contribution is -2.48. The maximum atomic E-state index is 12.7. The lowest BCUT2D eigenvalue weighted by molar-refractivity contribution is 0.0623. The summed E-state index contributed by atoms with van der Waals surface area (Å²) in [5.74, 6) is -0.0163. The molecule has 1 aliphatic rings. The smallest absolute Gasteiger partial charge is 0.273 e. The molecule has 1 fully saturated rings. The fourth-order valence-corrected chi connectivity index (χ4v) is 3.67. The standard InChI is InChI=1S/C18H18N6OS/c25-18(16-13-26-17(22-16)15-11-20-4-5-21-15)24-8-6-23(7-9-24)12-14-2-1-3-19-10-14/h1-5,10-11,13H,6-9,12H2. The van der Waals surface area contributed by atoms with Crippen LogP contribution in [-0.2, 0) is 6.54 Å². The normalized spacial score (nSPS) is 15.2. The molecular weight excluding hydrogens is 348 g/mol. The minimum atomic E-state index is -0.0163. The van der Waals surface area contributed by atoms with Gasteiger partial charge in [0.25, 0.3) is 5.91 Å². The molecule has 0 aliphatic carbocycles. The minimum Gasteiger partial charge on any atom is -0.335 e. The average Bonchev–Trinajstić information content (AvgIpc) is 3.20. The predicted molar refractivity (Wildman–Crippen MR) is 98.6 cm³/mol. The number of aromatic nitrogens is 4. The summed E-state index contributed by atoms with van der Waals surface area (Å²) in [5.41, 5.74) is 2.37. The van der Waals surface area contributed by atoms with Crippen LogP contribution in [0.2, 0.25) is 0 Å². The molecule has 0 N–H and O–H groups in total. The predicted octanol–water partition coefficient (Wildman–Crippen LogP) is 1.95. The van der Waals surface area contributed by atoms with Crippen LogP contribution in [0, 0.1) is 0 Å². The van der Waals surface area contributed by atoms with E-state index in [9.17, 15) is 4.79 Å². The SMILES string of the molecule is O=C(c1csc(-c2cnccn2)n1)N1CCN(Cc2cccnc2)CC1. The van der Waals surface area contributed by atoms with Gasteiger partial charge < -0.3 is 4.90 Å². The summed E-state index contributed by atoms with van der Waals surface area (Å²) in [6.07, 6.45) is 8.57. The zero-order chi connectivity index (χ0) is 17.8. The zero-order valence-electron chi connectivity index (χ0n) is 14.2. The lowest BCUT2D eigenvalue weighted by Gasteiger charge is -2.34. The van der Waals surface area contributed by atoms with Gasteiger partial charge in [-0.1, -0.05) is 6.07 Å². The van der Waals surface area contributed by atoms with Crippen molar-refractivity contribution in [3.63, 3.8) is 0 Å². The van der Waals surface area contributed by atoms with Crippen LogP contribution >= 0.6 is 11.3 Å². The van der Waals surface area contributed by atoms with E-state index in [1.54, 1.807) is 30.2 Å². The highest BCUT2D eigenvalue weighted by atomic mass is 32.1. The van der Waals surface area contributed by atoms with Crippen molar-refractivity contribution in [2.24, 2.45) is 0 Å². The molecule has 3 aromatic heterocycles. The Labute approximate surface area is 155 Å². The van der Waals surface area contributed by atoms with Crippen LogP contribution in [0.4, 0.5) is 0 Å². The van der Waals surface area contributed by atoms with Gasteiger partial charge in [-0.15, -0.1) is 11.3 Å². The molecule has 0 spiro atoms. The zero-order valence-corrected chi connectivity index (χ0v) is 15.0. The summed E-state index contributed by atoms with van der Waals surface area (Å²) in [7, 11) is 0. The number of nitrogens with zero attached hydrogens (tertiary/aromatic N) is 6. The second-order valence-electron chi connectivity index (χ2n) is 6.06. The van der Waals surface area contributed by atoms with Gasteiger partial charge in [0, 0.05) is 62.9 Å². The molecule has 7 nitrogen and oxygen atoms in total. The molecular formula is C18H18N6OS. The number of piperazine rings is 1. The number of amides is 1. The molecule has 0 saturated carbocycles. The summed E-state index contributed by atoms with van der Waals surface area (Å²) >= 11 is 1.42. The van der Waals surface area contributed by atoms with E-state index in [4.69, 9.17) is 0 Å². The molecule has 8 heteroatoms. The van der Waals surface area contributed by atoms with Gasteiger partial charge in [0.1, 0.15) is 16.4 Å². The average molecular weight is 366 g/mol. The Morgan fingerprint density at radius 2 is 1.92 bits per heavy atom. The molecule has 26 heavy (non-hydrogen) atoms. The van der Waals surface area contributed by atoms with Crippen molar-refractivity contribution >= 4 is 17.2 Å². The van der Waals surface area contributed by atoms with Gasteiger partial charge in [-0.3, -0.25) is 24.6 Å². The van der Waals surface area contributed by atoms with Gasteiger partial charge in [-0.25, -0.2) is 4.98 Å². The van der Waals surface area contributed by atoms with Crippen molar-refractivity contribution in [2.45, 2.75) is 6.54 Å². The van der Waals surface area contributed by atoms with Crippen molar-refractivity contribution in [1.29, 1.82) is 0 Å².